The first-order chi connectivity index (χ1) is 17.2. The second kappa shape index (κ2) is 9.13. The predicted octanol–water partition coefficient (Wildman–Crippen LogP) is 4.23. The van der Waals surface area contributed by atoms with Gasteiger partial charge in [0.25, 0.3) is 0 Å². The Morgan fingerprint density at radius 1 is 1.11 bits per heavy atom. The van der Waals surface area contributed by atoms with E-state index in [2.05, 4.69) is 19.9 Å². The van der Waals surface area contributed by atoms with Crippen molar-refractivity contribution in [3.8, 4) is 22.8 Å². The summed E-state index contributed by atoms with van der Waals surface area (Å²) < 4.78 is 34.5. The van der Waals surface area contributed by atoms with Gasteiger partial charge in [0.2, 0.25) is 5.89 Å². The van der Waals surface area contributed by atoms with E-state index in [0.29, 0.717) is 16.6 Å². The van der Waals surface area contributed by atoms with Crippen molar-refractivity contribution >= 4 is 29.7 Å². The molecule has 1 aromatic carbocycles. The van der Waals surface area contributed by atoms with Gasteiger partial charge in [-0.3, -0.25) is 4.79 Å². The van der Waals surface area contributed by atoms with Crippen LogP contribution in [0.2, 0.25) is 0 Å². The molecule has 0 aliphatic carbocycles. The molecule has 2 N–H and O–H groups in total. The Bertz CT molecular complexity index is 1640. The van der Waals surface area contributed by atoms with Gasteiger partial charge in [-0.05, 0) is 43.5 Å². The molecule has 0 fully saturated rings. The second-order valence-electron chi connectivity index (χ2n) is 8.61. The summed E-state index contributed by atoms with van der Waals surface area (Å²) in [5, 5.41) is 0.419. The van der Waals surface area contributed by atoms with Crippen LogP contribution in [0.5, 0.6) is 0 Å². The molecule has 0 amide bonds. The number of aromatic nitrogens is 5. The Balaban J connectivity index is 1.54. The summed E-state index contributed by atoms with van der Waals surface area (Å²) in [6.07, 6.45) is 8.08. The maximum Gasteiger partial charge on any atom is 0.247 e. The molecule has 36 heavy (non-hydrogen) atoms. The number of nitrogens with two attached hydrogens (primary N) is 1. The standard InChI is InChI=1S/C25H22FN6O3P/c1-36(2,34)19-5-3-4-17(26)16(19)7-8-18(33)22-24(27)31-23(25-29-11-13-35-25)21(30-22)15-6-9-20-28-10-12-32(20)14-15/h3-6,9-14H,7-8H2,1-2H3,(H2,27,31). The van der Waals surface area contributed by atoms with Crippen LogP contribution in [0.25, 0.3) is 28.5 Å². The zero-order valence-electron chi connectivity index (χ0n) is 19.6. The fourth-order valence-corrected chi connectivity index (χ4v) is 5.37. The summed E-state index contributed by atoms with van der Waals surface area (Å²) in [5.74, 6) is -0.811. The molecule has 4 heterocycles. The number of ketones is 1. The highest BCUT2D eigenvalue weighted by Crippen LogP contribution is 2.37. The summed E-state index contributed by atoms with van der Waals surface area (Å²) in [7, 11) is -2.75. The van der Waals surface area contributed by atoms with Gasteiger partial charge < -0.3 is 19.1 Å². The number of rotatable bonds is 7. The number of pyridine rings is 1. The molecule has 0 radical (unpaired) electrons. The average Bonchev–Trinajstić information content (AvgIpc) is 3.54. The number of Topliss-reactive ketones (excluding diaryl/α,β-unsaturated/α-hetero) is 1. The predicted molar refractivity (Wildman–Crippen MR) is 134 cm³/mol. The van der Waals surface area contributed by atoms with Crippen molar-refractivity contribution in [2.45, 2.75) is 12.8 Å². The lowest BCUT2D eigenvalue weighted by atomic mass is 10.0. The van der Waals surface area contributed by atoms with Gasteiger partial charge in [0.1, 0.15) is 36.3 Å². The number of carbonyl (C=O) groups is 1. The number of anilines is 1. The molecule has 5 rings (SSSR count). The first-order valence-corrected chi connectivity index (χ1v) is 13.7. The van der Waals surface area contributed by atoms with Crippen LogP contribution < -0.4 is 11.0 Å². The first-order valence-electron chi connectivity index (χ1n) is 11.1. The minimum atomic E-state index is -2.75. The molecule has 0 saturated heterocycles. The van der Waals surface area contributed by atoms with E-state index in [4.69, 9.17) is 10.2 Å². The first kappa shape index (κ1) is 23.6. The van der Waals surface area contributed by atoms with Crippen molar-refractivity contribution < 1.29 is 18.2 Å². The van der Waals surface area contributed by atoms with E-state index in [0.717, 1.165) is 5.65 Å². The summed E-state index contributed by atoms with van der Waals surface area (Å²) in [6.45, 7) is 3.14. The van der Waals surface area contributed by atoms with Gasteiger partial charge in [-0.15, -0.1) is 0 Å². The van der Waals surface area contributed by atoms with Crippen LogP contribution in [-0.4, -0.2) is 43.4 Å². The van der Waals surface area contributed by atoms with E-state index < -0.39 is 18.7 Å². The molecule has 4 aromatic heterocycles. The van der Waals surface area contributed by atoms with Crippen molar-refractivity contribution in [2.24, 2.45) is 0 Å². The molecule has 0 aliphatic rings. The van der Waals surface area contributed by atoms with E-state index in [-0.39, 0.29) is 41.5 Å². The fourth-order valence-electron chi connectivity index (χ4n) is 4.06. The molecule has 0 unspecified atom stereocenters. The Morgan fingerprint density at radius 3 is 2.69 bits per heavy atom. The van der Waals surface area contributed by atoms with Gasteiger partial charge in [-0.25, -0.2) is 24.3 Å². The zero-order chi connectivity index (χ0) is 25.4. The van der Waals surface area contributed by atoms with Crippen LogP contribution in [0.15, 0.2) is 65.8 Å². The van der Waals surface area contributed by atoms with Crippen LogP contribution in [0.4, 0.5) is 10.2 Å². The number of hydrogen-bond acceptors (Lipinski definition) is 8. The molecule has 0 bridgehead atoms. The number of fused-ring (bicyclic) bond motifs is 1. The third-order valence-corrected chi connectivity index (χ3v) is 7.34. The quantitative estimate of drug-likeness (QED) is 0.258. The minimum absolute atomic E-state index is 0.0416. The van der Waals surface area contributed by atoms with Crippen LogP contribution in [-0.2, 0) is 11.0 Å². The van der Waals surface area contributed by atoms with Crippen molar-refractivity contribution in [1.29, 1.82) is 0 Å². The molecule has 182 valence electrons. The maximum atomic E-state index is 14.6. The number of nitrogen functional groups attached to an aromatic ring is 1. The molecular formula is C25H22FN6O3P. The van der Waals surface area contributed by atoms with Crippen LogP contribution in [0.3, 0.4) is 0 Å². The van der Waals surface area contributed by atoms with Crippen LogP contribution in [0, 0.1) is 5.82 Å². The van der Waals surface area contributed by atoms with Gasteiger partial charge in [0, 0.05) is 35.9 Å². The second-order valence-corrected chi connectivity index (χ2v) is 11.8. The Labute approximate surface area is 205 Å². The molecular weight excluding hydrogens is 482 g/mol. The van der Waals surface area contributed by atoms with Crippen LogP contribution >= 0.6 is 7.14 Å². The lowest BCUT2D eigenvalue weighted by Crippen LogP contribution is -2.16. The Morgan fingerprint density at radius 2 is 1.94 bits per heavy atom. The zero-order valence-corrected chi connectivity index (χ0v) is 20.4. The number of oxazole rings is 1. The highest BCUT2D eigenvalue weighted by atomic mass is 31.2. The third kappa shape index (κ3) is 4.43. The number of halogens is 1. The largest absolute Gasteiger partial charge is 0.443 e. The summed E-state index contributed by atoms with van der Waals surface area (Å²) in [4.78, 5) is 30.6. The van der Waals surface area contributed by atoms with Crippen molar-refractivity contribution in [2.75, 3.05) is 19.1 Å². The molecule has 0 spiro atoms. The van der Waals surface area contributed by atoms with E-state index in [1.54, 1.807) is 44.1 Å². The molecule has 9 nitrogen and oxygen atoms in total. The monoisotopic (exact) mass is 504 g/mol. The minimum Gasteiger partial charge on any atom is -0.443 e. The number of imidazole rings is 1. The number of hydrogen-bond donors (Lipinski definition) is 1. The van der Waals surface area contributed by atoms with E-state index in [1.165, 1.54) is 24.6 Å². The SMILES string of the molecule is CP(C)(=O)c1cccc(F)c1CCC(=O)c1nc(-c2ccc3nccn3c2)c(-c2ncco2)nc1N. The maximum absolute atomic E-state index is 14.6. The smallest absolute Gasteiger partial charge is 0.247 e. The van der Waals surface area contributed by atoms with E-state index >= 15 is 0 Å². The van der Waals surface area contributed by atoms with Gasteiger partial charge in [0.15, 0.2) is 17.3 Å². The average molecular weight is 504 g/mol. The van der Waals surface area contributed by atoms with E-state index in [9.17, 15) is 13.8 Å². The van der Waals surface area contributed by atoms with Gasteiger partial charge in [-0.2, -0.15) is 0 Å². The fraction of sp³-hybridized carbons (Fsp3) is 0.160. The highest BCUT2D eigenvalue weighted by molar-refractivity contribution is 7.70. The normalized spacial score (nSPS) is 11.8. The Kier molecular flexibility index (Phi) is 5.97. The molecule has 0 saturated carbocycles. The topological polar surface area (TPSA) is 129 Å². The Hall–Kier alpha value is -4.17. The summed E-state index contributed by atoms with van der Waals surface area (Å²) >= 11 is 0. The number of benzene rings is 1. The van der Waals surface area contributed by atoms with Crippen molar-refractivity contribution in [3.63, 3.8) is 0 Å². The third-order valence-electron chi connectivity index (χ3n) is 5.76. The molecule has 5 aromatic rings. The number of nitrogens with zero attached hydrogens (tertiary/aromatic N) is 5. The number of carbonyl (C=O) groups excluding carboxylic acids is 1. The van der Waals surface area contributed by atoms with Gasteiger partial charge >= 0.3 is 0 Å². The van der Waals surface area contributed by atoms with Crippen LogP contribution in [0.1, 0.15) is 22.5 Å². The van der Waals surface area contributed by atoms with Gasteiger partial charge in [-0.1, -0.05) is 12.1 Å². The van der Waals surface area contributed by atoms with E-state index in [1.807, 2.05) is 10.5 Å². The lowest BCUT2D eigenvalue weighted by Gasteiger charge is -2.14. The molecule has 0 aliphatic heterocycles. The highest BCUT2D eigenvalue weighted by Gasteiger charge is 2.24. The van der Waals surface area contributed by atoms with Crippen molar-refractivity contribution in [1.82, 2.24) is 24.3 Å². The van der Waals surface area contributed by atoms with Crippen molar-refractivity contribution in [3.05, 3.63) is 78.5 Å². The molecule has 0 atom stereocenters. The summed E-state index contributed by atoms with van der Waals surface area (Å²) in [6, 6.07) is 8.05. The summed E-state index contributed by atoms with van der Waals surface area (Å²) in [5.41, 5.74) is 8.38. The lowest BCUT2D eigenvalue weighted by molar-refractivity contribution is 0.0978. The molecule has 11 heteroatoms. The van der Waals surface area contributed by atoms with Gasteiger partial charge in [0.05, 0.1) is 6.20 Å².